The molecular formula is C7H16O. The molecule has 0 aromatic carbocycles. The van der Waals surface area contributed by atoms with Gasteiger partial charge in [-0.25, -0.2) is 0 Å². The smallest absolute Gasteiger partial charge is 0.0569 e. The van der Waals surface area contributed by atoms with Crippen LogP contribution in [0.2, 0.25) is 0 Å². The van der Waals surface area contributed by atoms with Gasteiger partial charge in [0.1, 0.15) is 0 Å². The van der Waals surface area contributed by atoms with Gasteiger partial charge in [-0.3, -0.25) is 0 Å². The summed E-state index contributed by atoms with van der Waals surface area (Å²) in [5, 5.41) is 0. The molecule has 8 heavy (non-hydrogen) atoms. The molecule has 1 heteroatoms. The molecule has 0 aromatic rings. The summed E-state index contributed by atoms with van der Waals surface area (Å²) in [4.78, 5) is 0. The fourth-order valence-corrected chi connectivity index (χ4v) is 0.455. The van der Waals surface area contributed by atoms with Crippen LogP contribution in [0, 0.1) is 5.92 Å². The summed E-state index contributed by atoms with van der Waals surface area (Å²) in [6.45, 7) is 9.30. The summed E-state index contributed by atoms with van der Waals surface area (Å²) in [6.07, 6.45) is 0.417. The standard InChI is InChI=1S/C7H16O/c1-5-8-7(4)6(2)3/h6-7H,5H2,1-4H3/t7-/m0/s1. The molecule has 0 bridgehead atoms. The molecule has 50 valence electrons. The Bertz CT molecular complexity index is 50.3. The number of rotatable bonds is 3. The first-order valence-corrected chi connectivity index (χ1v) is 3.30. The van der Waals surface area contributed by atoms with Crippen LogP contribution >= 0.6 is 0 Å². The maximum Gasteiger partial charge on any atom is 0.0569 e. The van der Waals surface area contributed by atoms with Gasteiger partial charge in [0.2, 0.25) is 0 Å². The summed E-state index contributed by atoms with van der Waals surface area (Å²) >= 11 is 0. The second kappa shape index (κ2) is 3.90. The van der Waals surface area contributed by atoms with Crippen LogP contribution in [0.1, 0.15) is 27.7 Å². The third-order valence-electron chi connectivity index (χ3n) is 1.37. The zero-order valence-corrected chi connectivity index (χ0v) is 6.27. The largest absolute Gasteiger partial charge is 0.379 e. The molecule has 0 aliphatic rings. The summed E-state index contributed by atoms with van der Waals surface area (Å²) in [7, 11) is 0. The summed E-state index contributed by atoms with van der Waals surface area (Å²) in [6, 6.07) is 0. The summed E-state index contributed by atoms with van der Waals surface area (Å²) in [5.74, 6) is 0.648. The van der Waals surface area contributed by atoms with Crippen molar-refractivity contribution in [2.24, 2.45) is 5.92 Å². The van der Waals surface area contributed by atoms with Crippen molar-refractivity contribution in [2.75, 3.05) is 6.61 Å². The first kappa shape index (κ1) is 7.96. The molecule has 1 nitrogen and oxygen atoms in total. The third kappa shape index (κ3) is 3.03. The Kier molecular flexibility index (Phi) is 3.88. The Hall–Kier alpha value is -0.0400. The molecule has 0 N–H and O–H groups in total. The lowest BCUT2D eigenvalue weighted by molar-refractivity contribution is 0.0443. The second-order valence-electron chi connectivity index (χ2n) is 2.40. The van der Waals surface area contributed by atoms with Gasteiger partial charge < -0.3 is 4.74 Å². The highest BCUT2D eigenvalue weighted by molar-refractivity contribution is 4.52. The van der Waals surface area contributed by atoms with Crippen LogP contribution in [-0.4, -0.2) is 12.7 Å². The van der Waals surface area contributed by atoms with E-state index in [-0.39, 0.29) is 0 Å². The summed E-state index contributed by atoms with van der Waals surface area (Å²) in [5.41, 5.74) is 0. The molecule has 0 saturated heterocycles. The van der Waals surface area contributed by atoms with Crippen molar-refractivity contribution in [3.8, 4) is 0 Å². The van der Waals surface area contributed by atoms with Crippen LogP contribution in [0.15, 0.2) is 0 Å². The van der Waals surface area contributed by atoms with Crippen molar-refractivity contribution in [1.29, 1.82) is 0 Å². The number of hydrogen-bond acceptors (Lipinski definition) is 1. The van der Waals surface area contributed by atoms with E-state index in [0.29, 0.717) is 12.0 Å². The minimum absolute atomic E-state index is 0.417. The average molecular weight is 116 g/mol. The topological polar surface area (TPSA) is 9.23 Å². The lowest BCUT2D eigenvalue weighted by Gasteiger charge is -2.14. The molecular weight excluding hydrogens is 100 g/mol. The van der Waals surface area contributed by atoms with E-state index in [1.165, 1.54) is 0 Å². The van der Waals surface area contributed by atoms with Crippen molar-refractivity contribution in [3.63, 3.8) is 0 Å². The van der Waals surface area contributed by atoms with Crippen LogP contribution in [0.5, 0.6) is 0 Å². The SMILES string of the molecule is CCO[C@@H](C)C(C)C. The van der Waals surface area contributed by atoms with Crippen LogP contribution in [-0.2, 0) is 4.74 Å². The minimum atomic E-state index is 0.417. The van der Waals surface area contributed by atoms with Crippen molar-refractivity contribution in [1.82, 2.24) is 0 Å². The van der Waals surface area contributed by atoms with Crippen molar-refractivity contribution < 1.29 is 4.74 Å². The Morgan fingerprint density at radius 3 is 1.88 bits per heavy atom. The Labute approximate surface area is 52.0 Å². The van der Waals surface area contributed by atoms with E-state index < -0.39 is 0 Å². The molecule has 0 aliphatic carbocycles. The quantitative estimate of drug-likeness (QED) is 0.548. The fourth-order valence-electron chi connectivity index (χ4n) is 0.455. The molecule has 0 aromatic heterocycles. The maximum absolute atomic E-state index is 5.30. The molecule has 0 heterocycles. The molecule has 0 saturated carbocycles. The van der Waals surface area contributed by atoms with Crippen molar-refractivity contribution in [3.05, 3.63) is 0 Å². The minimum Gasteiger partial charge on any atom is -0.379 e. The molecule has 0 amide bonds. The predicted molar refractivity (Wildman–Crippen MR) is 35.9 cm³/mol. The zero-order valence-electron chi connectivity index (χ0n) is 6.27. The highest BCUT2D eigenvalue weighted by atomic mass is 16.5. The van der Waals surface area contributed by atoms with Crippen LogP contribution < -0.4 is 0 Å². The van der Waals surface area contributed by atoms with Gasteiger partial charge in [0.25, 0.3) is 0 Å². The Morgan fingerprint density at radius 2 is 1.75 bits per heavy atom. The van der Waals surface area contributed by atoms with Crippen molar-refractivity contribution >= 4 is 0 Å². The predicted octanol–water partition coefficient (Wildman–Crippen LogP) is 2.07. The zero-order chi connectivity index (χ0) is 6.57. The Morgan fingerprint density at radius 1 is 1.25 bits per heavy atom. The normalized spacial score (nSPS) is 14.6. The van der Waals surface area contributed by atoms with E-state index in [4.69, 9.17) is 4.74 Å². The number of ether oxygens (including phenoxy) is 1. The molecule has 0 radical (unpaired) electrons. The van der Waals surface area contributed by atoms with Gasteiger partial charge >= 0.3 is 0 Å². The van der Waals surface area contributed by atoms with Crippen molar-refractivity contribution in [2.45, 2.75) is 33.8 Å². The molecule has 0 spiro atoms. The molecule has 0 unspecified atom stereocenters. The van der Waals surface area contributed by atoms with Gasteiger partial charge in [-0.15, -0.1) is 0 Å². The maximum atomic E-state index is 5.30. The van der Waals surface area contributed by atoms with E-state index in [9.17, 15) is 0 Å². The van der Waals surface area contributed by atoms with Crippen LogP contribution in [0.25, 0.3) is 0 Å². The van der Waals surface area contributed by atoms with Crippen LogP contribution in [0.4, 0.5) is 0 Å². The van der Waals surface area contributed by atoms with Gasteiger partial charge in [-0.05, 0) is 19.8 Å². The van der Waals surface area contributed by atoms with Gasteiger partial charge in [0, 0.05) is 6.61 Å². The van der Waals surface area contributed by atoms with Gasteiger partial charge in [0.15, 0.2) is 0 Å². The molecule has 0 aliphatic heterocycles. The van der Waals surface area contributed by atoms with Gasteiger partial charge in [-0.1, -0.05) is 13.8 Å². The third-order valence-corrected chi connectivity index (χ3v) is 1.37. The number of hydrogen-bond donors (Lipinski definition) is 0. The van der Waals surface area contributed by atoms with E-state index in [0.717, 1.165) is 6.61 Å². The molecule has 0 rings (SSSR count). The van der Waals surface area contributed by atoms with E-state index in [2.05, 4.69) is 20.8 Å². The molecule has 1 atom stereocenters. The average Bonchev–Trinajstić information content (AvgIpc) is 1.67. The molecule has 0 fully saturated rings. The lowest BCUT2D eigenvalue weighted by atomic mass is 10.1. The van der Waals surface area contributed by atoms with E-state index in [1.807, 2.05) is 6.92 Å². The summed E-state index contributed by atoms with van der Waals surface area (Å²) < 4.78 is 5.30. The highest BCUT2D eigenvalue weighted by Gasteiger charge is 2.03. The van der Waals surface area contributed by atoms with Crippen LogP contribution in [0.3, 0.4) is 0 Å². The first-order valence-electron chi connectivity index (χ1n) is 3.30. The van der Waals surface area contributed by atoms with E-state index in [1.54, 1.807) is 0 Å². The monoisotopic (exact) mass is 116 g/mol. The first-order chi connectivity index (χ1) is 3.68. The second-order valence-corrected chi connectivity index (χ2v) is 2.40. The van der Waals surface area contributed by atoms with E-state index >= 15 is 0 Å². The lowest BCUT2D eigenvalue weighted by Crippen LogP contribution is -2.14. The van der Waals surface area contributed by atoms with Gasteiger partial charge in [0.05, 0.1) is 6.10 Å². The highest BCUT2D eigenvalue weighted by Crippen LogP contribution is 2.03. The Balaban J connectivity index is 3.17. The van der Waals surface area contributed by atoms with Gasteiger partial charge in [-0.2, -0.15) is 0 Å². The fraction of sp³-hybridized carbons (Fsp3) is 1.00.